The molecule has 0 bridgehead atoms. The zero-order chi connectivity index (χ0) is 7.82. The van der Waals surface area contributed by atoms with Crippen molar-refractivity contribution in [1.82, 2.24) is 5.32 Å². The zero-order valence-electron chi connectivity index (χ0n) is 5.35. The van der Waals surface area contributed by atoms with Gasteiger partial charge in [0.15, 0.2) is 0 Å². The molecule has 0 aromatic carbocycles. The number of aliphatic hydroxyl groups is 1. The Labute approximate surface area is 67.9 Å². The van der Waals surface area contributed by atoms with Crippen LogP contribution < -0.4 is 5.32 Å². The second-order valence-corrected chi connectivity index (χ2v) is 1.95. The minimum Gasteiger partial charge on any atom is -0.396 e. The smallest absolute Gasteiger partial charge is 0.296 e. The van der Waals surface area contributed by atoms with Crippen molar-refractivity contribution in [2.24, 2.45) is 0 Å². The standard InChI is InChI=1S/C6H8BrNO2/c7-3-2-6(10)8-4-1-5-9/h9H,1,4-5H2,(H,8,10). The monoisotopic (exact) mass is 205 g/mol. The van der Waals surface area contributed by atoms with Crippen molar-refractivity contribution in [2.45, 2.75) is 6.42 Å². The molecule has 0 saturated carbocycles. The first kappa shape index (κ1) is 9.47. The molecule has 0 fully saturated rings. The highest BCUT2D eigenvalue weighted by molar-refractivity contribution is 9.12. The molecular formula is C6H8BrNO2. The first-order valence-corrected chi connectivity index (χ1v) is 3.61. The fourth-order valence-electron chi connectivity index (χ4n) is 0.368. The summed E-state index contributed by atoms with van der Waals surface area (Å²) in [6.07, 6.45) is 0.565. The maximum atomic E-state index is 10.5. The van der Waals surface area contributed by atoms with Crippen LogP contribution in [0.15, 0.2) is 0 Å². The molecule has 0 rings (SSSR count). The second kappa shape index (κ2) is 6.59. The number of nitrogens with one attached hydrogen (secondary N) is 1. The Kier molecular flexibility index (Phi) is 6.24. The molecule has 1 amide bonds. The Hall–Kier alpha value is -0.530. The number of hydrogen-bond acceptors (Lipinski definition) is 2. The van der Waals surface area contributed by atoms with Gasteiger partial charge in [0.25, 0.3) is 5.91 Å². The van der Waals surface area contributed by atoms with Gasteiger partial charge in [-0.3, -0.25) is 4.79 Å². The molecule has 56 valence electrons. The van der Waals surface area contributed by atoms with Crippen molar-refractivity contribution in [3.63, 3.8) is 0 Å². The van der Waals surface area contributed by atoms with Crippen LogP contribution in [0.2, 0.25) is 0 Å². The Balaban J connectivity index is 3.28. The van der Waals surface area contributed by atoms with Crippen LogP contribution >= 0.6 is 15.9 Å². The molecular weight excluding hydrogens is 198 g/mol. The summed E-state index contributed by atoms with van der Waals surface area (Å²) in [5, 5.41) is 10.8. The van der Waals surface area contributed by atoms with E-state index in [0.29, 0.717) is 13.0 Å². The van der Waals surface area contributed by atoms with E-state index in [4.69, 9.17) is 5.11 Å². The average Bonchev–Trinajstić information content (AvgIpc) is 1.89. The van der Waals surface area contributed by atoms with E-state index in [2.05, 4.69) is 32.0 Å². The fraction of sp³-hybridized carbons (Fsp3) is 0.500. The first-order valence-electron chi connectivity index (χ1n) is 2.81. The lowest BCUT2D eigenvalue weighted by Gasteiger charge is -1.95. The highest BCUT2D eigenvalue weighted by Crippen LogP contribution is 1.73. The largest absolute Gasteiger partial charge is 0.396 e. The van der Waals surface area contributed by atoms with E-state index < -0.39 is 0 Å². The molecule has 0 radical (unpaired) electrons. The molecule has 0 aliphatic carbocycles. The summed E-state index contributed by atoms with van der Waals surface area (Å²) >= 11 is 2.79. The van der Waals surface area contributed by atoms with Gasteiger partial charge in [-0.05, 0) is 11.3 Å². The third kappa shape index (κ3) is 5.60. The third-order valence-corrected chi connectivity index (χ3v) is 0.979. The molecule has 0 aromatic rings. The van der Waals surface area contributed by atoms with Crippen LogP contribution in [-0.2, 0) is 4.79 Å². The average molecular weight is 206 g/mol. The van der Waals surface area contributed by atoms with E-state index >= 15 is 0 Å². The molecule has 0 aliphatic rings. The molecule has 0 unspecified atom stereocenters. The number of hydrogen-bond donors (Lipinski definition) is 2. The molecule has 2 N–H and O–H groups in total. The molecule has 0 atom stereocenters. The van der Waals surface area contributed by atoms with Gasteiger partial charge >= 0.3 is 0 Å². The van der Waals surface area contributed by atoms with Crippen LogP contribution in [0.3, 0.4) is 0 Å². The number of carbonyl (C=O) groups excluding carboxylic acids is 1. The summed E-state index contributed by atoms with van der Waals surface area (Å²) in [5.41, 5.74) is 0. The van der Waals surface area contributed by atoms with Gasteiger partial charge in [0, 0.05) is 35.0 Å². The number of carbonyl (C=O) groups is 1. The predicted molar refractivity (Wildman–Crippen MR) is 41.4 cm³/mol. The van der Waals surface area contributed by atoms with Gasteiger partial charge in [-0.2, -0.15) is 0 Å². The van der Waals surface area contributed by atoms with Crippen molar-refractivity contribution in [1.29, 1.82) is 0 Å². The minimum absolute atomic E-state index is 0.0853. The van der Waals surface area contributed by atoms with Crippen molar-refractivity contribution in [3.8, 4) is 10.8 Å². The topological polar surface area (TPSA) is 49.3 Å². The summed E-state index contributed by atoms with van der Waals surface area (Å²) in [6, 6.07) is 0. The van der Waals surface area contributed by atoms with Gasteiger partial charge in [0.05, 0.1) is 0 Å². The van der Waals surface area contributed by atoms with Crippen LogP contribution in [-0.4, -0.2) is 24.2 Å². The van der Waals surface area contributed by atoms with E-state index in [1.807, 2.05) is 0 Å². The van der Waals surface area contributed by atoms with Crippen molar-refractivity contribution in [3.05, 3.63) is 0 Å². The molecule has 0 saturated heterocycles. The van der Waals surface area contributed by atoms with Gasteiger partial charge < -0.3 is 10.4 Å². The molecule has 0 aromatic heterocycles. The molecule has 3 nitrogen and oxygen atoms in total. The molecule has 0 aliphatic heterocycles. The van der Waals surface area contributed by atoms with Crippen LogP contribution in [0.4, 0.5) is 0 Å². The number of aliphatic hydroxyl groups excluding tert-OH is 1. The molecule has 10 heavy (non-hydrogen) atoms. The summed E-state index contributed by atoms with van der Waals surface area (Å²) in [6.45, 7) is 0.555. The van der Waals surface area contributed by atoms with Crippen LogP contribution in [0.1, 0.15) is 6.42 Å². The number of halogens is 1. The summed E-state index contributed by atoms with van der Waals surface area (Å²) in [4.78, 5) is 12.8. The molecule has 0 heterocycles. The van der Waals surface area contributed by atoms with E-state index in [1.165, 1.54) is 0 Å². The lowest BCUT2D eigenvalue weighted by atomic mass is 10.4. The zero-order valence-corrected chi connectivity index (χ0v) is 6.94. The maximum absolute atomic E-state index is 10.5. The molecule has 0 spiro atoms. The van der Waals surface area contributed by atoms with Gasteiger partial charge in [-0.1, -0.05) is 0 Å². The summed E-state index contributed by atoms with van der Waals surface area (Å²) < 4.78 is 0. The highest BCUT2D eigenvalue weighted by Gasteiger charge is 1.91. The van der Waals surface area contributed by atoms with Crippen molar-refractivity contribution in [2.75, 3.05) is 13.2 Å². The van der Waals surface area contributed by atoms with Crippen molar-refractivity contribution < 1.29 is 9.90 Å². The third-order valence-electron chi connectivity index (χ3n) is 0.781. The maximum Gasteiger partial charge on any atom is 0.296 e. The van der Waals surface area contributed by atoms with Crippen LogP contribution in [0.25, 0.3) is 0 Å². The SMILES string of the molecule is O=C(C#CBr)NCCCO. The van der Waals surface area contributed by atoms with E-state index in [1.54, 1.807) is 0 Å². The first-order chi connectivity index (χ1) is 4.81. The van der Waals surface area contributed by atoms with E-state index in [0.717, 1.165) is 0 Å². The fourth-order valence-corrected chi connectivity index (χ4v) is 0.548. The van der Waals surface area contributed by atoms with Gasteiger partial charge in [-0.25, -0.2) is 0 Å². The summed E-state index contributed by atoms with van der Waals surface area (Å²) in [5.74, 6) is 1.91. The van der Waals surface area contributed by atoms with Crippen LogP contribution in [0.5, 0.6) is 0 Å². The van der Waals surface area contributed by atoms with E-state index in [9.17, 15) is 4.79 Å². The Morgan fingerprint density at radius 2 is 2.40 bits per heavy atom. The van der Waals surface area contributed by atoms with E-state index in [-0.39, 0.29) is 12.5 Å². The second-order valence-electron chi connectivity index (χ2n) is 1.55. The number of amides is 1. The quantitative estimate of drug-likeness (QED) is 0.498. The van der Waals surface area contributed by atoms with Gasteiger partial charge in [-0.15, -0.1) is 0 Å². The minimum atomic E-state index is -0.328. The normalized spacial score (nSPS) is 7.80. The van der Waals surface area contributed by atoms with Crippen molar-refractivity contribution >= 4 is 21.8 Å². The molecule has 4 heteroatoms. The van der Waals surface area contributed by atoms with Gasteiger partial charge in [0.2, 0.25) is 0 Å². The predicted octanol–water partition coefficient (Wildman–Crippen LogP) is -0.159. The summed E-state index contributed by atoms with van der Waals surface area (Å²) in [7, 11) is 0. The Morgan fingerprint density at radius 1 is 1.70 bits per heavy atom. The lowest BCUT2D eigenvalue weighted by molar-refractivity contribution is -0.115. The highest BCUT2D eigenvalue weighted by atomic mass is 79.9. The number of rotatable bonds is 3. The lowest BCUT2D eigenvalue weighted by Crippen LogP contribution is -2.23. The van der Waals surface area contributed by atoms with Crippen LogP contribution in [0, 0.1) is 10.8 Å². The Morgan fingerprint density at radius 3 is 2.90 bits per heavy atom. The Bertz CT molecular complexity index is 159. The van der Waals surface area contributed by atoms with Gasteiger partial charge in [0.1, 0.15) is 0 Å².